The summed E-state index contributed by atoms with van der Waals surface area (Å²) in [5, 5.41) is 3.32. The molecule has 0 atom stereocenters. The van der Waals surface area contributed by atoms with Crippen LogP contribution in [0.4, 0.5) is 5.82 Å². The summed E-state index contributed by atoms with van der Waals surface area (Å²) in [5.41, 5.74) is 1.74. The van der Waals surface area contributed by atoms with Gasteiger partial charge in [0.25, 0.3) is 0 Å². The minimum atomic E-state index is -0.230. The van der Waals surface area contributed by atoms with Gasteiger partial charge < -0.3 is 19.9 Å². The minimum Gasteiger partial charge on any atom is -0.462 e. The molecule has 0 spiro atoms. The zero-order chi connectivity index (χ0) is 13.0. The topological polar surface area (TPSA) is 57.4 Å². The van der Waals surface area contributed by atoms with E-state index in [0.717, 1.165) is 44.0 Å². The smallest absolute Gasteiger partial charge is 0.340 e. The van der Waals surface area contributed by atoms with Crippen molar-refractivity contribution >= 4 is 11.8 Å². The fraction of sp³-hybridized carbons (Fsp3) is 0.615. The number of hydrogen-bond acceptors (Lipinski definition) is 4. The Morgan fingerprint density at radius 1 is 1.39 bits per heavy atom. The normalized spacial score (nSPS) is 15.8. The van der Waals surface area contributed by atoms with Crippen LogP contribution in [0.15, 0.2) is 6.20 Å². The number of aromatic nitrogens is 1. The molecular weight excluding hydrogens is 230 g/mol. The quantitative estimate of drug-likeness (QED) is 0.789. The summed E-state index contributed by atoms with van der Waals surface area (Å²) >= 11 is 0. The van der Waals surface area contributed by atoms with Crippen molar-refractivity contribution in [3.8, 4) is 0 Å². The zero-order valence-electron chi connectivity index (χ0n) is 11.1. The number of nitrogens with one attached hydrogen (secondary N) is 2. The maximum Gasteiger partial charge on any atom is 0.340 e. The van der Waals surface area contributed by atoms with E-state index >= 15 is 0 Å². The van der Waals surface area contributed by atoms with Gasteiger partial charge in [-0.3, -0.25) is 0 Å². The molecule has 0 bridgehead atoms. The molecule has 2 rings (SSSR count). The Bertz CT molecular complexity index is 408. The number of rotatable bonds is 4. The zero-order valence-corrected chi connectivity index (χ0v) is 11.1. The molecule has 0 unspecified atom stereocenters. The van der Waals surface area contributed by atoms with Gasteiger partial charge >= 0.3 is 5.97 Å². The monoisotopic (exact) mass is 251 g/mol. The van der Waals surface area contributed by atoms with Crippen LogP contribution in [0.2, 0.25) is 0 Å². The van der Waals surface area contributed by atoms with E-state index in [9.17, 15) is 4.79 Å². The Morgan fingerprint density at radius 2 is 2.11 bits per heavy atom. The number of carbonyl (C=O) groups excluding carboxylic acids is 1. The first-order valence-corrected chi connectivity index (χ1v) is 6.61. The van der Waals surface area contributed by atoms with E-state index in [1.54, 1.807) is 6.20 Å². The molecule has 1 aromatic rings. The molecule has 1 fully saturated rings. The van der Waals surface area contributed by atoms with Crippen molar-refractivity contribution in [2.45, 2.75) is 20.3 Å². The Balaban J connectivity index is 2.23. The predicted molar refractivity (Wildman–Crippen MR) is 71.2 cm³/mol. The second kappa shape index (κ2) is 5.91. The van der Waals surface area contributed by atoms with Crippen molar-refractivity contribution in [3.05, 3.63) is 17.3 Å². The summed E-state index contributed by atoms with van der Waals surface area (Å²) in [6, 6.07) is 0. The van der Waals surface area contributed by atoms with Crippen LogP contribution in [0.5, 0.6) is 0 Å². The molecule has 2 N–H and O–H groups in total. The lowest BCUT2D eigenvalue weighted by Crippen LogP contribution is -2.44. The number of hydrogen-bond donors (Lipinski definition) is 2. The molecule has 1 aromatic heterocycles. The maximum absolute atomic E-state index is 11.8. The third-order valence-electron chi connectivity index (χ3n) is 3.25. The van der Waals surface area contributed by atoms with E-state index in [4.69, 9.17) is 4.74 Å². The Morgan fingerprint density at radius 3 is 2.72 bits per heavy atom. The van der Waals surface area contributed by atoms with E-state index in [1.807, 2.05) is 6.92 Å². The van der Waals surface area contributed by atoms with E-state index in [-0.39, 0.29) is 5.97 Å². The molecule has 0 amide bonds. The molecule has 100 valence electrons. The molecule has 2 heterocycles. The third kappa shape index (κ3) is 2.51. The highest BCUT2D eigenvalue weighted by molar-refractivity contribution is 5.92. The van der Waals surface area contributed by atoms with Crippen LogP contribution in [-0.2, 0) is 11.2 Å². The fourth-order valence-corrected chi connectivity index (χ4v) is 2.36. The van der Waals surface area contributed by atoms with Crippen molar-refractivity contribution in [3.63, 3.8) is 0 Å². The molecule has 5 heteroatoms. The number of ether oxygens (including phenoxy) is 1. The first-order chi connectivity index (χ1) is 8.77. The SMILES string of the molecule is CCOC(=O)c1c[nH]c(N2CCNCC2)c1CC. The van der Waals surface area contributed by atoms with Gasteiger partial charge in [-0.1, -0.05) is 6.92 Å². The molecular formula is C13H21N3O2. The number of piperazine rings is 1. The molecule has 5 nitrogen and oxygen atoms in total. The minimum absolute atomic E-state index is 0.230. The fourth-order valence-electron chi connectivity index (χ4n) is 2.36. The molecule has 1 saturated heterocycles. The number of anilines is 1. The Hall–Kier alpha value is -1.49. The third-order valence-corrected chi connectivity index (χ3v) is 3.25. The molecule has 0 aromatic carbocycles. The summed E-state index contributed by atoms with van der Waals surface area (Å²) in [6.45, 7) is 8.21. The van der Waals surface area contributed by atoms with E-state index in [1.165, 1.54) is 0 Å². The maximum atomic E-state index is 11.8. The summed E-state index contributed by atoms with van der Waals surface area (Å²) in [4.78, 5) is 17.4. The van der Waals surface area contributed by atoms with Crippen molar-refractivity contribution in [1.82, 2.24) is 10.3 Å². The largest absolute Gasteiger partial charge is 0.462 e. The van der Waals surface area contributed by atoms with Gasteiger partial charge in [0.1, 0.15) is 5.82 Å². The summed E-state index contributed by atoms with van der Waals surface area (Å²) in [7, 11) is 0. The predicted octanol–water partition coefficient (Wildman–Crippen LogP) is 1.16. The first-order valence-electron chi connectivity index (χ1n) is 6.61. The highest BCUT2D eigenvalue weighted by atomic mass is 16.5. The van der Waals surface area contributed by atoms with Crippen LogP contribution in [0, 0.1) is 0 Å². The summed E-state index contributed by atoms with van der Waals surface area (Å²) in [6.07, 6.45) is 2.60. The molecule has 0 radical (unpaired) electrons. The van der Waals surface area contributed by atoms with Crippen molar-refractivity contribution in [2.75, 3.05) is 37.7 Å². The van der Waals surface area contributed by atoms with Gasteiger partial charge in [0.15, 0.2) is 0 Å². The van der Waals surface area contributed by atoms with Crippen molar-refractivity contribution < 1.29 is 9.53 Å². The lowest BCUT2D eigenvalue weighted by atomic mass is 10.1. The number of H-pyrrole nitrogens is 1. The lowest BCUT2D eigenvalue weighted by Gasteiger charge is -2.29. The highest BCUT2D eigenvalue weighted by Gasteiger charge is 2.21. The van der Waals surface area contributed by atoms with Gasteiger partial charge in [-0.25, -0.2) is 4.79 Å². The van der Waals surface area contributed by atoms with Crippen molar-refractivity contribution in [2.24, 2.45) is 0 Å². The van der Waals surface area contributed by atoms with Gasteiger partial charge in [-0.2, -0.15) is 0 Å². The van der Waals surface area contributed by atoms with Crippen molar-refractivity contribution in [1.29, 1.82) is 0 Å². The van der Waals surface area contributed by atoms with Crippen LogP contribution < -0.4 is 10.2 Å². The second-order valence-electron chi connectivity index (χ2n) is 4.34. The van der Waals surface area contributed by atoms with Crippen LogP contribution in [0.3, 0.4) is 0 Å². The van der Waals surface area contributed by atoms with Gasteiger partial charge in [-0.05, 0) is 13.3 Å². The van der Waals surface area contributed by atoms with E-state index in [2.05, 4.69) is 22.1 Å². The van der Waals surface area contributed by atoms with Gasteiger partial charge in [-0.15, -0.1) is 0 Å². The van der Waals surface area contributed by atoms with E-state index < -0.39 is 0 Å². The average molecular weight is 251 g/mol. The molecule has 18 heavy (non-hydrogen) atoms. The molecule has 0 aliphatic carbocycles. The molecule has 1 aliphatic rings. The molecule has 0 saturated carbocycles. The standard InChI is InChI=1S/C13H21N3O2/c1-3-10-11(13(17)18-4-2)9-15-12(10)16-7-5-14-6-8-16/h9,14-15H,3-8H2,1-2H3. The van der Waals surface area contributed by atoms with Crippen LogP contribution >= 0.6 is 0 Å². The first kappa shape index (κ1) is 13.0. The lowest BCUT2D eigenvalue weighted by molar-refractivity contribution is 0.0525. The van der Waals surface area contributed by atoms with Crippen LogP contribution in [0.1, 0.15) is 29.8 Å². The number of nitrogens with zero attached hydrogens (tertiary/aromatic N) is 1. The average Bonchev–Trinajstić information content (AvgIpc) is 2.83. The van der Waals surface area contributed by atoms with Gasteiger partial charge in [0.05, 0.1) is 12.2 Å². The van der Waals surface area contributed by atoms with Gasteiger partial charge in [0, 0.05) is 37.9 Å². The number of carbonyl (C=O) groups is 1. The second-order valence-corrected chi connectivity index (χ2v) is 4.34. The van der Waals surface area contributed by atoms with Crippen LogP contribution in [-0.4, -0.2) is 43.7 Å². The number of aromatic amines is 1. The highest BCUT2D eigenvalue weighted by Crippen LogP contribution is 2.24. The number of esters is 1. The Kier molecular flexibility index (Phi) is 4.25. The van der Waals surface area contributed by atoms with E-state index in [0.29, 0.717) is 12.2 Å². The summed E-state index contributed by atoms with van der Waals surface area (Å²) in [5.74, 6) is 0.842. The molecule has 1 aliphatic heterocycles. The summed E-state index contributed by atoms with van der Waals surface area (Å²) < 4.78 is 5.08. The van der Waals surface area contributed by atoms with Crippen LogP contribution in [0.25, 0.3) is 0 Å². The van der Waals surface area contributed by atoms with Gasteiger partial charge in [0.2, 0.25) is 0 Å². The Labute approximate surface area is 108 Å².